The quantitative estimate of drug-likeness (QED) is 0.783. The summed E-state index contributed by atoms with van der Waals surface area (Å²) >= 11 is 0. The van der Waals surface area contributed by atoms with Gasteiger partial charge in [-0.05, 0) is 49.3 Å². The van der Waals surface area contributed by atoms with E-state index in [0.29, 0.717) is 0 Å². The molecule has 0 amide bonds. The van der Waals surface area contributed by atoms with Gasteiger partial charge in [-0.25, -0.2) is 4.99 Å². The summed E-state index contributed by atoms with van der Waals surface area (Å²) in [5, 5.41) is 1.37. The van der Waals surface area contributed by atoms with Gasteiger partial charge in [0.05, 0.1) is 5.69 Å². The second kappa shape index (κ2) is 4.23. The Bertz CT molecular complexity index is 794. The first-order valence-electron chi connectivity index (χ1n) is 8.04. The Kier molecular flexibility index (Phi) is 2.34. The van der Waals surface area contributed by atoms with Crippen molar-refractivity contribution in [3.8, 4) is 0 Å². The lowest BCUT2D eigenvalue weighted by Gasteiger charge is -2.36. The number of rotatable bonds is 0. The first kappa shape index (κ1) is 11.6. The molecule has 0 fully saturated rings. The molecule has 0 unspecified atom stereocenters. The minimum absolute atomic E-state index is 1.10. The minimum Gasteiger partial charge on any atom is -0.352 e. The Morgan fingerprint density at radius 2 is 1.95 bits per heavy atom. The number of hydrogen-bond donors (Lipinski definition) is 1. The van der Waals surface area contributed by atoms with Crippen molar-refractivity contribution in [2.75, 3.05) is 13.1 Å². The summed E-state index contributed by atoms with van der Waals surface area (Å²) in [6, 6.07) is 8.64. The van der Waals surface area contributed by atoms with Crippen LogP contribution in [0.3, 0.4) is 0 Å². The molecule has 0 saturated heterocycles. The molecule has 3 heterocycles. The Labute approximate surface area is 124 Å². The monoisotopic (exact) mass is 277 g/mol. The molecule has 3 heteroatoms. The van der Waals surface area contributed by atoms with Gasteiger partial charge in [-0.15, -0.1) is 0 Å². The fourth-order valence-corrected chi connectivity index (χ4v) is 4.06. The van der Waals surface area contributed by atoms with Crippen LogP contribution in [0.1, 0.15) is 36.9 Å². The normalized spacial score (nSPS) is 21.0. The first-order valence-corrected chi connectivity index (χ1v) is 8.04. The molecular formula is C18H19N3. The maximum Gasteiger partial charge on any atom is 0.153 e. The molecule has 0 atom stereocenters. The maximum atomic E-state index is 5.05. The second-order valence-electron chi connectivity index (χ2n) is 6.39. The fraction of sp³-hybridized carbons (Fsp3) is 0.389. The SMILES string of the molecule is c1ccc2c3c([nH]c2c1)C1=NC2=C(CCCC2)CN1CC3. The highest BCUT2D eigenvalue weighted by atomic mass is 15.2. The van der Waals surface area contributed by atoms with Crippen LogP contribution in [-0.4, -0.2) is 28.8 Å². The summed E-state index contributed by atoms with van der Waals surface area (Å²) in [4.78, 5) is 11.1. The molecule has 0 radical (unpaired) electrons. The molecule has 1 N–H and O–H groups in total. The summed E-state index contributed by atoms with van der Waals surface area (Å²) in [5.41, 5.74) is 6.93. The van der Waals surface area contributed by atoms with Gasteiger partial charge in [-0.2, -0.15) is 0 Å². The molecule has 2 aliphatic heterocycles. The van der Waals surface area contributed by atoms with E-state index in [4.69, 9.17) is 4.99 Å². The molecule has 5 rings (SSSR count). The number of allylic oxidation sites excluding steroid dienone is 1. The van der Waals surface area contributed by atoms with Gasteiger partial charge in [0.2, 0.25) is 0 Å². The molecule has 0 spiro atoms. The highest BCUT2D eigenvalue weighted by Gasteiger charge is 2.30. The van der Waals surface area contributed by atoms with Crippen molar-refractivity contribution in [3.63, 3.8) is 0 Å². The van der Waals surface area contributed by atoms with Gasteiger partial charge in [-0.1, -0.05) is 18.2 Å². The van der Waals surface area contributed by atoms with Crippen LogP contribution in [0.4, 0.5) is 0 Å². The van der Waals surface area contributed by atoms with Crippen molar-refractivity contribution < 1.29 is 0 Å². The summed E-state index contributed by atoms with van der Waals surface area (Å²) in [5.74, 6) is 1.19. The third kappa shape index (κ3) is 1.63. The molecule has 106 valence electrons. The second-order valence-corrected chi connectivity index (χ2v) is 6.39. The highest BCUT2D eigenvalue weighted by Crippen LogP contribution is 2.34. The number of aromatic nitrogens is 1. The van der Waals surface area contributed by atoms with Gasteiger partial charge in [0.1, 0.15) is 0 Å². The molecule has 1 aromatic carbocycles. The molecule has 0 bridgehead atoms. The Hall–Kier alpha value is -2.03. The smallest absolute Gasteiger partial charge is 0.153 e. The van der Waals surface area contributed by atoms with Crippen LogP contribution in [-0.2, 0) is 6.42 Å². The van der Waals surface area contributed by atoms with E-state index in [9.17, 15) is 0 Å². The summed E-state index contributed by atoms with van der Waals surface area (Å²) in [6.07, 6.45) is 6.19. The van der Waals surface area contributed by atoms with Crippen LogP contribution in [0.2, 0.25) is 0 Å². The average Bonchev–Trinajstić information content (AvgIpc) is 2.92. The van der Waals surface area contributed by atoms with E-state index in [-0.39, 0.29) is 0 Å². The van der Waals surface area contributed by atoms with Gasteiger partial charge < -0.3 is 9.88 Å². The van der Waals surface area contributed by atoms with E-state index < -0.39 is 0 Å². The summed E-state index contributed by atoms with van der Waals surface area (Å²) < 4.78 is 0. The number of hydrogen-bond acceptors (Lipinski definition) is 2. The highest BCUT2D eigenvalue weighted by molar-refractivity contribution is 6.06. The molecule has 1 aliphatic carbocycles. The molecule has 2 aromatic rings. The van der Waals surface area contributed by atoms with E-state index in [0.717, 1.165) is 19.5 Å². The number of amidine groups is 1. The molecular weight excluding hydrogens is 258 g/mol. The molecule has 3 aliphatic rings. The van der Waals surface area contributed by atoms with E-state index in [2.05, 4.69) is 34.1 Å². The van der Waals surface area contributed by atoms with Crippen molar-refractivity contribution in [1.29, 1.82) is 0 Å². The number of benzene rings is 1. The number of H-pyrrole nitrogens is 1. The van der Waals surface area contributed by atoms with Gasteiger partial charge in [0.25, 0.3) is 0 Å². The van der Waals surface area contributed by atoms with Crippen LogP contribution in [0.25, 0.3) is 10.9 Å². The van der Waals surface area contributed by atoms with E-state index in [1.807, 2.05) is 0 Å². The Balaban J connectivity index is 1.71. The van der Waals surface area contributed by atoms with Crippen LogP contribution in [0.5, 0.6) is 0 Å². The summed E-state index contributed by atoms with van der Waals surface area (Å²) in [7, 11) is 0. The van der Waals surface area contributed by atoms with Crippen molar-refractivity contribution in [2.45, 2.75) is 32.1 Å². The molecule has 21 heavy (non-hydrogen) atoms. The first-order chi connectivity index (χ1) is 10.4. The number of aromatic amines is 1. The zero-order chi connectivity index (χ0) is 13.8. The van der Waals surface area contributed by atoms with Crippen LogP contribution in [0, 0.1) is 0 Å². The van der Waals surface area contributed by atoms with Crippen molar-refractivity contribution >= 4 is 16.7 Å². The van der Waals surface area contributed by atoms with Crippen LogP contribution < -0.4 is 0 Å². The topological polar surface area (TPSA) is 31.4 Å². The van der Waals surface area contributed by atoms with Crippen molar-refractivity contribution in [1.82, 2.24) is 9.88 Å². The molecule has 1 aromatic heterocycles. The third-order valence-electron chi connectivity index (χ3n) is 5.14. The fourth-order valence-electron chi connectivity index (χ4n) is 4.06. The zero-order valence-corrected chi connectivity index (χ0v) is 12.2. The van der Waals surface area contributed by atoms with Gasteiger partial charge in [0, 0.05) is 29.7 Å². The van der Waals surface area contributed by atoms with Crippen LogP contribution in [0.15, 0.2) is 40.5 Å². The van der Waals surface area contributed by atoms with E-state index in [1.54, 1.807) is 5.57 Å². The number of nitrogens with zero attached hydrogens (tertiary/aromatic N) is 2. The van der Waals surface area contributed by atoms with Crippen LogP contribution >= 0.6 is 0 Å². The molecule has 0 saturated carbocycles. The van der Waals surface area contributed by atoms with E-state index >= 15 is 0 Å². The van der Waals surface area contributed by atoms with Crippen molar-refractivity contribution in [2.24, 2.45) is 4.99 Å². The predicted octanol–water partition coefficient (Wildman–Crippen LogP) is 3.61. The Morgan fingerprint density at radius 1 is 1.05 bits per heavy atom. The van der Waals surface area contributed by atoms with Gasteiger partial charge in [-0.3, -0.25) is 0 Å². The minimum atomic E-state index is 1.10. The maximum absolute atomic E-state index is 5.05. The number of para-hydroxylation sites is 1. The van der Waals surface area contributed by atoms with E-state index in [1.165, 1.54) is 59.4 Å². The van der Waals surface area contributed by atoms with Gasteiger partial charge >= 0.3 is 0 Å². The van der Waals surface area contributed by atoms with Gasteiger partial charge in [0.15, 0.2) is 5.84 Å². The average molecular weight is 277 g/mol. The number of aliphatic imine (C=N–C) groups is 1. The number of fused-ring (bicyclic) bond motifs is 5. The summed E-state index contributed by atoms with van der Waals surface area (Å²) in [6.45, 7) is 2.20. The largest absolute Gasteiger partial charge is 0.352 e. The lowest BCUT2D eigenvalue weighted by atomic mass is 9.93. The lowest BCUT2D eigenvalue weighted by Crippen LogP contribution is -2.42. The third-order valence-corrected chi connectivity index (χ3v) is 5.14. The standard InChI is InChI=1S/C18H19N3/c1-3-7-15-12(5-1)11-21-10-9-14-13-6-2-4-8-16(13)19-17(14)18(21)20-15/h2,4,6,8,19H,1,3,5,7,9-11H2. The van der Waals surface area contributed by atoms with Crippen molar-refractivity contribution in [3.05, 3.63) is 46.8 Å². The Morgan fingerprint density at radius 3 is 2.95 bits per heavy atom. The molecule has 3 nitrogen and oxygen atoms in total. The zero-order valence-electron chi connectivity index (χ0n) is 12.2. The predicted molar refractivity (Wildman–Crippen MR) is 85.6 cm³/mol. The lowest BCUT2D eigenvalue weighted by molar-refractivity contribution is 0.418. The number of nitrogens with one attached hydrogen (secondary N) is 1.